The molecule has 0 bridgehead atoms. The number of nitriles is 1. The molecule has 2 heterocycles. The molecule has 0 amide bonds. The predicted molar refractivity (Wildman–Crippen MR) is 88.6 cm³/mol. The second kappa shape index (κ2) is 6.40. The number of methoxy groups -OCH3 is 1. The van der Waals surface area contributed by atoms with E-state index < -0.39 is 5.76 Å². The Hall–Kier alpha value is -2.37. The Bertz CT molecular complexity index is 934. The van der Waals surface area contributed by atoms with Gasteiger partial charge in [0.2, 0.25) is 0 Å². The molecule has 3 aromatic rings. The zero-order valence-electron chi connectivity index (χ0n) is 11.9. The Morgan fingerprint density at radius 1 is 1.43 bits per heavy atom. The van der Waals surface area contributed by atoms with Gasteiger partial charge in [0.25, 0.3) is 5.89 Å². The van der Waals surface area contributed by atoms with E-state index in [0.29, 0.717) is 16.2 Å². The van der Waals surface area contributed by atoms with Crippen molar-refractivity contribution >= 4 is 27.3 Å². The lowest BCUT2D eigenvalue weighted by Gasteiger charge is -2.00. The summed E-state index contributed by atoms with van der Waals surface area (Å²) >= 11 is 4.74. The van der Waals surface area contributed by atoms with E-state index in [1.165, 1.54) is 16.0 Å². The van der Waals surface area contributed by atoms with Gasteiger partial charge in [0.15, 0.2) is 5.75 Å². The lowest BCUT2D eigenvalue weighted by Crippen LogP contribution is -2.16. The van der Waals surface area contributed by atoms with Gasteiger partial charge >= 0.3 is 5.76 Å². The molecule has 0 N–H and O–H groups in total. The SMILES string of the molecule is COc1c(Br)csc1-c1nn(Cc2ccc(C#N)cc2)c(=O)o1. The summed E-state index contributed by atoms with van der Waals surface area (Å²) in [5, 5.41) is 14.9. The Balaban J connectivity index is 1.91. The fraction of sp³-hybridized carbons (Fsp3) is 0.133. The topological polar surface area (TPSA) is 81.0 Å². The minimum Gasteiger partial charge on any atom is -0.494 e. The Kier molecular flexibility index (Phi) is 4.32. The summed E-state index contributed by atoms with van der Waals surface area (Å²) in [6.45, 7) is 0.267. The second-order valence-corrected chi connectivity index (χ2v) is 6.32. The molecule has 0 radical (unpaired) electrons. The van der Waals surface area contributed by atoms with Gasteiger partial charge in [-0.25, -0.2) is 4.79 Å². The van der Waals surface area contributed by atoms with Crippen LogP contribution in [-0.4, -0.2) is 16.9 Å². The van der Waals surface area contributed by atoms with Crippen LogP contribution in [0.5, 0.6) is 5.75 Å². The molecule has 23 heavy (non-hydrogen) atoms. The van der Waals surface area contributed by atoms with E-state index in [-0.39, 0.29) is 12.4 Å². The third-order valence-corrected chi connectivity index (χ3v) is 4.96. The van der Waals surface area contributed by atoms with Crippen molar-refractivity contribution in [3.05, 3.63) is 55.8 Å². The van der Waals surface area contributed by atoms with E-state index in [9.17, 15) is 4.79 Å². The number of benzene rings is 1. The predicted octanol–water partition coefficient (Wildman–Crippen LogP) is 3.26. The van der Waals surface area contributed by atoms with Gasteiger partial charge in [0.1, 0.15) is 4.88 Å². The molecule has 0 saturated carbocycles. The number of ether oxygens (including phenoxy) is 1. The average Bonchev–Trinajstić information content (AvgIpc) is 3.11. The number of hydrogen-bond acceptors (Lipinski definition) is 6. The molecule has 2 aromatic heterocycles. The van der Waals surface area contributed by atoms with Gasteiger partial charge < -0.3 is 9.15 Å². The zero-order valence-corrected chi connectivity index (χ0v) is 14.3. The largest absolute Gasteiger partial charge is 0.494 e. The van der Waals surface area contributed by atoms with Crippen LogP contribution in [-0.2, 0) is 6.54 Å². The molecule has 0 saturated heterocycles. The number of rotatable bonds is 4. The molecule has 0 aliphatic rings. The van der Waals surface area contributed by atoms with Gasteiger partial charge in [-0.3, -0.25) is 0 Å². The number of hydrogen-bond donors (Lipinski definition) is 0. The molecule has 8 heteroatoms. The Morgan fingerprint density at radius 3 is 2.83 bits per heavy atom. The van der Waals surface area contributed by atoms with Crippen LogP contribution in [0, 0.1) is 11.3 Å². The lowest BCUT2D eigenvalue weighted by molar-refractivity contribution is 0.413. The molecule has 1 aromatic carbocycles. The summed E-state index contributed by atoms with van der Waals surface area (Å²) in [6, 6.07) is 9.00. The van der Waals surface area contributed by atoms with Gasteiger partial charge in [-0.05, 0) is 33.6 Å². The molecule has 6 nitrogen and oxygen atoms in total. The van der Waals surface area contributed by atoms with Gasteiger partial charge in [-0.2, -0.15) is 9.94 Å². The third kappa shape index (κ3) is 3.06. The average molecular weight is 392 g/mol. The summed E-state index contributed by atoms with van der Waals surface area (Å²) in [6.07, 6.45) is 0. The molecular formula is C15H10BrN3O3S. The maximum Gasteiger partial charge on any atom is 0.437 e. The van der Waals surface area contributed by atoms with Crippen LogP contribution < -0.4 is 10.5 Å². The standard InChI is InChI=1S/C15H10BrN3O3S/c1-21-12-11(16)8-23-13(12)14-18-19(15(20)22-14)7-10-4-2-9(6-17)3-5-10/h2-5,8H,7H2,1H3. The van der Waals surface area contributed by atoms with Gasteiger partial charge in [-0.1, -0.05) is 12.1 Å². The molecule has 0 spiro atoms. The van der Waals surface area contributed by atoms with Crippen molar-refractivity contribution in [3.63, 3.8) is 0 Å². The van der Waals surface area contributed by atoms with Crippen LogP contribution in [0.3, 0.4) is 0 Å². The summed E-state index contributed by atoms with van der Waals surface area (Å²) in [4.78, 5) is 12.6. The molecule has 0 unspecified atom stereocenters. The van der Waals surface area contributed by atoms with Crippen LogP contribution in [0.2, 0.25) is 0 Å². The van der Waals surface area contributed by atoms with Crippen molar-refractivity contribution in [3.8, 4) is 22.6 Å². The number of aromatic nitrogens is 2. The monoisotopic (exact) mass is 391 g/mol. The molecule has 116 valence electrons. The first-order valence-electron chi connectivity index (χ1n) is 6.50. The summed E-state index contributed by atoms with van der Waals surface area (Å²) < 4.78 is 12.5. The Morgan fingerprint density at radius 2 is 2.17 bits per heavy atom. The highest BCUT2D eigenvalue weighted by Crippen LogP contribution is 2.40. The van der Waals surface area contributed by atoms with Crippen LogP contribution >= 0.6 is 27.3 Å². The van der Waals surface area contributed by atoms with Crippen molar-refractivity contribution in [2.45, 2.75) is 6.54 Å². The third-order valence-electron chi connectivity index (χ3n) is 3.12. The van der Waals surface area contributed by atoms with Gasteiger partial charge in [-0.15, -0.1) is 16.4 Å². The molecule has 0 atom stereocenters. The maximum absolute atomic E-state index is 12.0. The highest BCUT2D eigenvalue weighted by molar-refractivity contribution is 9.10. The minimum atomic E-state index is -0.545. The lowest BCUT2D eigenvalue weighted by atomic mass is 10.1. The first kappa shape index (κ1) is 15.5. The van der Waals surface area contributed by atoms with E-state index in [2.05, 4.69) is 27.1 Å². The molecule has 0 aliphatic carbocycles. The van der Waals surface area contributed by atoms with Crippen molar-refractivity contribution in [2.75, 3.05) is 7.11 Å². The van der Waals surface area contributed by atoms with Crippen LogP contribution in [0.4, 0.5) is 0 Å². The zero-order chi connectivity index (χ0) is 16.4. The fourth-order valence-corrected chi connectivity index (χ4v) is 3.60. The van der Waals surface area contributed by atoms with Crippen molar-refractivity contribution in [2.24, 2.45) is 0 Å². The van der Waals surface area contributed by atoms with E-state index in [0.717, 1.165) is 10.0 Å². The molecule has 3 rings (SSSR count). The van der Waals surface area contributed by atoms with Crippen molar-refractivity contribution < 1.29 is 9.15 Å². The van der Waals surface area contributed by atoms with Gasteiger partial charge in [0.05, 0.1) is 29.8 Å². The summed E-state index contributed by atoms with van der Waals surface area (Å²) in [5.41, 5.74) is 1.42. The highest BCUT2D eigenvalue weighted by Gasteiger charge is 2.19. The number of nitrogens with zero attached hydrogens (tertiary/aromatic N) is 3. The van der Waals surface area contributed by atoms with Crippen LogP contribution in [0.1, 0.15) is 11.1 Å². The normalized spacial score (nSPS) is 10.5. The first-order chi connectivity index (χ1) is 11.1. The van der Waals surface area contributed by atoms with Crippen LogP contribution in [0.15, 0.2) is 43.3 Å². The molecule has 0 aliphatic heterocycles. The molecular weight excluding hydrogens is 382 g/mol. The molecule has 0 fully saturated rings. The maximum atomic E-state index is 12.0. The smallest absolute Gasteiger partial charge is 0.437 e. The Labute approximate surface area is 143 Å². The first-order valence-corrected chi connectivity index (χ1v) is 8.18. The minimum absolute atomic E-state index is 0.219. The fourth-order valence-electron chi connectivity index (χ4n) is 2.02. The summed E-state index contributed by atoms with van der Waals surface area (Å²) in [7, 11) is 1.54. The van der Waals surface area contributed by atoms with E-state index >= 15 is 0 Å². The number of halogens is 1. The van der Waals surface area contributed by atoms with Gasteiger partial charge in [0, 0.05) is 5.38 Å². The van der Waals surface area contributed by atoms with E-state index in [4.69, 9.17) is 14.4 Å². The number of thiophene rings is 1. The quantitative estimate of drug-likeness (QED) is 0.681. The highest BCUT2D eigenvalue weighted by atomic mass is 79.9. The van der Waals surface area contributed by atoms with Crippen molar-refractivity contribution in [1.29, 1.82) is 5.26 Å². The van der Waals surface area contributed by atoms with E-state index in [1.54, 1.807) is 31.4 Å². The van der Waals surface area contributed by atoms with Crippen LogP contribution in [0.25, 0.3) is 10.8 Å². The summed E-state index contributed by atoms with van der Waals surface area (Å²) in [5.74, 6) is 0.258. The van der Waals surface area contributed by atoms with Crippen molar-refractivity contribution in [1.82, 2.24) is 9.78 Å². The van der Waals surface area contributed by atoms with E-state index in [1.807, 2.05) is 5.38 Å². The second-order valence-electron chi connectivity index (χ2n) is 4.59.